The summed E-state index contributed by atoms with van der Waals surface area (Å²) < 4.78 is 39.6. The van der Waals surface area contributed by atoms with Crippen LogP contribution in [0.3, 0.4) is 0 Å². The van der Waals surface area contributed by atoms with Crippen LogP contribution in [0.4, 0.5) is 18.3 Å². The topological polar surface area (TPSA) is 60.0 Å². The van der Waals surface area contributed by atoms with Crippen molar-refractivity contribution in [1.29, 1.82) is 0 Å². The molecule has 0 saturated carbocycles. The molecule has 0 spiro atoms. The molecule has 0 aliphatic rings. The van der Waals surface area contributed by atoms with Crippen molar-refractivity contribution in [1.82, 2.24) is 19.7 Å². The number of nitrogens with zero attached hydrogens (tertiary/aromatic N) is 4. The van der Waals surface area contributed by atoms with Crippen molar-refractivity contribution in [2.24, 2.45) is 7.05 Å². The third-order valence-electron chi connectivity index (χ3n) is 2.61. The van der Waals surface area contributed by atoms with Gasteiger partial charge in [-0.1, -0.05) is 0 Å². The maximum atomic E-state index is 12.8. The molecular formula is C11H14F3N5S. The number of halogens is 3. The van der Waals surface area contributed by atoms with Gasteiger partial charge in [0, 0.05) is 43.0 Å². The van der Waals surface area contributed by atoms with Gasteiger partial charge in [-0.25, -0.2) is 4.98 Å². The first-order chi connectivity index (χ1) is 9.25. The number of hydrogen-bond donors (Lipinski definition) is 1. The molecule has 0 atom stereocenters. The lowest BCUT2D eigenvalue weighted by Gasteiger charge is -2.15. The van der Waals surface area contributed by atoms with Gasteiger partial charge in [0.05, 0.1) is 0 Å². The van der Waals surface area contributed by atoms with Gasteiger partial charge in [0.25, 0.3) is 0 Å². The largest absolute Gasteiger partial charge is 0.435 e. The summed E-state index contributed by atoms with van der Waals surface area (Å²) in [4.78, 5) is 6.58. The van der Waals surface area contributed by atoms with Gasteiger partial charge in [-0.2, -0.15) is 18.3 Å². The summed E-state index contributed by atoms with van der Waals surface area (Å²) in [6, 6.07) is 0. The van der Waals surface area contributed by atoms with E-state index in [1.165, 1.54) is 29.3 Å². The minimum Gasteiger partial charge on any atom is -0.375 e. The summed E-state index contributed by atoms with van der Waals surface area (Å²) >= 11 is 1.32. The second-order valence-electron chi connectivity index (χ2n) is 4.51. The molecular weight excluding hydrogens is 291 g/mol. The van der Waals surface area contributed by atoms with Gasteiger partial charge in [-0.15, -0.1) is 11.3 Å². The molecule has 2 rings (SSSR count). The zero-order chi connectivity index (χ0) is 14.9. The van der Waals surface area contributed by atoms with Crippen LogP contribution in [-0.2, 0) is 26.3 Å². The summed E-state index contributed by atoms with van der Waals surface area (Å²) in [6.45, 7) is 0.640. The van der Waals surface area contributed by atoms with Crippen molar-refractivity contribution in [2.75, 3.05) is 12.8 Å². The summed E-state index contributed by atoms with van der Waals surface area (Å²) in [6.07, 6.45) is -1.42. The van der Waals surface area contributed by atoms with Crippen LogP contribution < -0.4 is 5.73 Å². The van der Waals surface area contributed by atoms with Gasteiger partial charge in [0.1, 0.15) is 0 Å². The number of anilines is 1. The van der Waals surface area contributed by atoms with Crippen LogP contribution in [-0.4, -0.2) is 26.7 Å². The number of aryl methyl sites for hydroxylation is 1. The monoisotopic (exact) mass is 305 g/mol. The predicted octanol–water partition coefficient (Wildman–Crippen LogP) is 2.11. The van der Waals surface area contributed by atoms with E-state index < -0.39 is 11.9 Å². The van der Waals surface area contributed by atoms with E-state index in [1.807, 2.05) is 0 Å². The van der Waals surface area contributed by atoms with Crippen molar-refractivity contribution in [2.45, 2.75) is 19.3 Å². The molecule has 0 aromatic carbocycles. The minimum absolute atomic E-state index is 0.153. The van der Waals surface area contributed by atoms with E-state index in [4.69, 9.17) is 5.73 Å². The highest BCUT2D eigenvalue weighted by Gasteiger charge is 2.37. The highest BCUT2D eigenvalue weighted by Crippen LogP contribution is 2.31. The van der Waals surface area contributed by atoms with Crippen molar-refractivity contribution >= 4 is 16.5 Å². The normalized spacial score (nSPS) is 12.3. The number of nitrogens with two attached hydrogens (primary N) is 1. The molecule has 2 N–H and O–H groups in total. The molecule has 0 aliphatic carbocycles. The number of alkyl halides is 3. The fourth-order valence-corrected chi connectivity index (χ4v) is 2.66. The van der Waals surface area contributed by atoms with Gasteiger partial charge in [-0.05, 0) is 7.05 Å². The van der Waals surface area contributed by atoms with Crippen LogP contribution in [0.2, 0.25) is 0 Å². The van der Waals surface area contributed by atoms with E-state index in [0.717, 1.165) is 4.88 Å². The summed E-state index contributed by atoms with van der Waals surface area (Å²) in [5.74, 6) is 0. The van der Waals surface area contributed by atoms with Gasteiger partial charge >= 0.3 is 6.18 Å². The third kappa shape index (κ3) is 3.48. The van der Waals surface area contributed by atoms with E-state index >= 15 is 0 Å². The van der Waals surface area contributed by atoms with Crippen LogP contribution in [0.15, 0.2) is 12.4 Å². The highest BCUT2D eigenvalue weighted by atomic mass is 32.1. The molecule has 0 fully saturated rings. The van der Waals surface area contributed by atoms with Crippen molar-refractivity contribution < 1.29 is 13.2 Å². The molecule has 5 nitrogen and oxygen atoms in total. The Balaban J connectivity index is 2.09. The lowest BCUT2D eigenvalue weighted by Crippen LogP contribution is -2.19. The Morgan fingerprint density at radius 3 is 2.65 bits per heavy atom. The van der Waals surface area contributed by atoms with Crippen LogP contribution in [0.25, 0.3) is 0 Å². The van der Waals surface area contributed by atoms with E-state index in [0.29, 0.717) is 11.7 Å². The fourth-order valence-electron chi connectivity index (χ4n) is 1.90. The zero-order valence-corrected chi connectivity index (χ0v) is 11.8. The average molecular weight is 305 g/mol. The fraction of sp³-hybridized carbons (Fsp3) is 0.455. The van der Waals surface area contributed by atoms with Crippen molar-refractivity contribution in [3.8, 4) is 0 Å². The Morgan fingerprint density at radius 1 is 1.40 bits per heavy atom. The highest BCUT2D eigenvalue weighted by molar-refractivity contribution is 7.15. The number of hydrogen-bond acceptors (Lipinski definition) is 5. The molecule has 110 valence electrons. The Kier molecular flexibility index (Phi) is 4.00. The molecule has 2 aromatic rings. The first kappa shape index (κ1) is 14.8. The van der Waals surface area contributed by atoms with Gasteiger partial charge < -0.3 is 5.73 Å². The number of rotatable bonds is 4. The lowest BCUT2D eigenvalue weighted by atomic mass is 10.2. The SMILES string of the molecule is CN(Cc1cnc(N)s1)Cc1cn(C)nc1C(F)(F)F. The average Bonchev–Trinajstić information content (AvgIpc) is 2.84. The van der Waals surface area contributed by atoms with E-state index in [-0.39, 0.29) is 12.1 Å². The molecule has 0 radical (unpaired) electrons. The Hall–Kier alpha value is -1.61. The number of nitrogen functional groups attached to an aromatic ring is 1. The predicted molar refractivity (Wildman–Crippen MR) is 69.9 cm³/mol. The van der Waals surface area contributed by atoms with Crippen LogP contribution in [0, 0.1) is 0 Å². The molecule has 0 unspecified atom stereocenters. The standard InChI is InChI=1S/C11H14F3N5S/c1-18(6-8-3-16-10(15)20-8)4-7-5-19(2)17-9(7)11(12,13)14/h3,5H,4,6H2,1-2H3,(H2,15,16). The first-order valence-electron chi connectivity index (χ1n) is 5.74. The quantitative estimate of drug-likeness (QED) is 0.940. The molecule has 0 amide bonds. The molecule has 9 heteroatoms. The van der Waals surface area contributed by atoms with Crippen molar-refractivity contribution in [3.05, 3.63) is 28.5 Å². The molecule has 0 bridgehead atoms. The molecule has 2 heterocycles. The molecule has 0 aliphatic heterocycles. The first-order valence-corrected chi connectivity index (χ1v) is 6.56. The maximum absolute atomic E-state index is 12.8. The van der Waals surface area contributed by atoms with E-state index in [1.54, 1.807) is 18.1 Å². The Labute approximate surface area is 117 Å². The maximum Gasteiger partial charge on any atom is 0.435 e. The van der Waals surface area contributed by atoms with Crippen LogP contribution >= 0.6 is 11.3 Å². The summed E-state index contributed by atoms with van der Waals surface area (Å²) in [5.41, 5.74) is 4.83. The second kappa shape index (κ2) is 5.41. The second-order valence-corrected chi connectivity index (χ2v) is 5.66. The van der Waals surface area contributed by atoms with Gasteiger partial charge in [0.15, 0.2) is 10.8 Å². The Bertz CT molecular complexity index is 589. The molecule has 20 heavy (non-hydrogen) atoms. The summed E-state index contributed by atoms with van der Waals surface area (Å²) in [5, 5.41) is 3.93. The van der Waals surface area contributed by atoms with Crippen molar-refractivity contribution in [3.63, 3.8) is 0 Å². The van der Waals surface area contributed by atoms with E-state index in [2.05, 4.69) is 10.1 Å². The molecule has 0 saturated heterocycles. The van der Waals surface area contributed by atoms with Crippen LogP contribution in [0.5, 0.6) is 0 Å². The minimum atomic E-state index is -4.44. The zero-order valence-electron chi connectivity index (χ0n) is 11.0. The molecule has 2 aromatic heterocycles. The number of aromatic nitrogens is 3. The Morgan fingerprint density at radius 2 is 2.10 bits per heavy atom. The smallest absolute Gasteiger partial charge is 0.375 e. The lowest BCUT2D eigenvalue weighted by molar-refractivity contribution is -0.142. The van der Waals surface area contributed by atoms with Gasteiger partial charge in [0.2, 0.25) is 0 Å². The number of thiazole rings is 1. The summed E-state index contributed by atoms with van der Waals surface area (Å²) in [7, 11) is 3.21. The van der Waals surface area contributed by atoms with Gasteiger partial charge in [-0.3, -0.25) is 9.58 Å². The third-order valence-corrected chi connectivity index (χ3v) is 3.42. The van der Waals surface area contributed by atoms with E-state index in [9.17, 15) is 13.2 Å². The van der Waals surface area contributed by atoms with Crippen LogP contribution in [0.1, 0.15) is 16.1 Å².